The van der Waals surface area contributed by atoms with E-state index in [-0.39, 0.29) is 5.91 Å². The predicted octanol–water partition coefficient (Wildman–Crippen LogP) is 2.33. The predicted molar refractivity (Wildman–Crippen MR) is 97.6 cm³/mol. The van der Waals surface area contributed by atoms with Crippen molar-refractivity contribution in [1.29, 1.82) is 0 Å². The molecule has 6 heteroatoms. The summed E-state index contributed by atoms with van der Waals surface area (Å²) in [4.78, 5) is 27.2. The second-order valence-corrected chi connectivity index (χ2v) is 6.21. The average Bonchev–Trinajstić information content (AvgIpc) is 2.69. The molecule has 6 nitrogen and oxygen atoms in total. The van der Waals surface area contributed by atoms with Crippen molar-refractivity contribution in [2.75, 3.05) is 32.0 Å². The van der Waals surface area contributed by atoms with E-state index < -0.39 is 12.1 Å². The maximum Gasteiger partial charge on any atom is 0.339 e. The van der Waals surface area contributed by atoms with Crippen LogP contribution >= 0.6 is 0 Å². The van der Waals surface area contributed by atoms with E-state index in [0.717, 1.165) is 5.56 Å². The van der Waals surface area contributed by atoms with Crippen molar-refractivity contribution in [3.8, 4) is 0 Å². The lowest BCUT2D eigenvalue weighted by Gasteiger charge is -2.30. The summed E-state index contributed by atoms with van der Waals surface area (Å²) in [6.45, 7) is 3.79. The number of nitrogens with two attached hydrogens (primary N) is 1. The quantitative estimate of drug-likeness (QED) is 0.673. The Labute approximate surface area is 152 Å². The molecule has 136 valence electrons. The van der Waals surface area contributed by atoms with Gasteiger partial charge < -0.3 is 20.1 Å². The molecule has 2 N–H and O–H groups in total. The Bertz CT molecular complexity index is 786. The summed E-state index contributed by atoms with van der Waals surface area (Å²) >= 11 is 0. The fourth-order valence-electron chi connectivity index (χ4n) is 2.78. The molecule has 0 saturated carbocycles. The molecule has 0 unspecified atom stereocenters. The van der Waals surface area contributed by atoms with Crippen LogP contribution in [0.5, 0.6) is 0 Å². The molecule has 1 atom stereocenters. The number of esters is 1. The van der Waals surface area contributed by atoms with Crippen LogP contribution in [0.15, 0.2) is 48.5 Å². The lowest BCUT2D eigenvalue weighted by atomic mass is 10.1. The van der Waals surface area contributed by atoms with Crippen LogP contribution in [0.25, 0.3) is 0 Å². The first-order chi connectivity index (χ1) is 12.6. The number of rotatable bonds is 4. The first-order valence-electron chi connectivity index (χ1n) is 8.55. The van der Waals surface area contributed by atoms with Gasteiger partial charge in [0.15, 0.2) is 0 Å². The number of morpholine rings is 1. The summed E-state index contributed by atoms with van der Waals surface area (Å²) in [6, 6.07) is 14.0. The lowest BCUT2D eigenvalue weighted by molar-refractivity contribution is -0.145. The zero-order chi connectivity index (χ0) is 18.5. The summed E-state index contributed by atoms with van der Waals surface area (Å²) in [6.07, 6.45) is -0.996. The molecule has 1 amide bonds. The van der Waals surface area contributed by atoms with Crippen LogP contribution in [0.3, 0.4) is 0 Å². The summed E-state index contributed by atoms with van der Waals surface area (Å²) in [7, 11) is 0. The standard InChI is InChI=1S/C20H22N2O4/c1-14-7-8-16(13-17(14)21)20(24)26-18(15-5-3-2-4-6-15)19(23)22-9-11-25-12-10-22/h2-8,13,18H,9-12,21H2,1H3/t18-/m1/s1. The maximum atomic E-state index is 13.0. The Morgan fingerprint density at radius 1 is 1.12 bits per heavy atom. The van der Waals surface area contributed by atoms with E-state index in [1.807, 2.05) is 25.1 Å². The third-order valence-electron chi connectivity index (χ3n) is 4.39. The number of benzene rings is 2. The fraction of sp³-hybridized carbons (Fsp3) is 0.300. The summed E-state index contributed by atoms with van der Waals surface area (Å²) in [5, 5.41) is 0. The molecule has 1 heterocycles. The van der Waals surface area contributed by atoms with E-state index in [4.69, 9.17) is 15.2 Å². The van der Waals surface area contributed by atoms with Gasteiger partial charge in [0.25, 0.3) is 5.91 Å². The number of hydrogen-bond acceptors (Lipinski definition) is 5. The van der Waals surface area contributed by atoms with Gasteiger partial charge in [-0.15, -0.1) is 0 Å². The van der Waals surface area contributed by atoms with Crippen LogP contribution in [0.1, 0.15) is 27.6 Å². The molecular weight excluding hydrogens is 332 g/mol. The zero-order valence-electron chi connectivity index (χ0n) is 14.7. The number of carbonyl (C=O) groups is 2. The molecule has 2 aromatic rings. The highest BCUT2D eigenvalue weighted by Crippen LogP contribution is 2.23. The van der Waals surface area contributed by atoms with Gasteiger partial charge in [-0.25, -0.2) is 4.79 Å². The van der Waals surface area contributed by atoms with E-state index in [0.29, 0.717) is 43.1 Å². The van der Waals surface area contributed by atoms with Crippen molar-refractivity contribution in [3.05, 3.63) is 65.2 Å². The molecule has 1 saturated heterocycles. The van der Waals surface area contributed by atoms with Crippen LogP contribution in [0.4, 0.5) is 5.69 Å². The number of ether oxygens (including phenoxy) is 2. The highest BCUT2D eigenvalue weighted by Gasteiger charge is 2.30. The molecular formula is C20H22N2O4. The lowest BCUT2D eigenvalue weighted by Crippen LogP contribution is -2.44. The van der Waals surface area contributed by atoms with Crippen molar-refractivity contribution >= 4 is 17.6 Å². The molecule has 0 aliphatic carbocycles. The number of amides is 1. The molecule has 0 spiro atoms. The van der Waals surface area contributed by atoms with Crippen molar-refractivity contribution in [1.82, 2.24) is 4.90 Å². The summed E-state index contributed by atoms with van der Waals surface area (Å²) in [5.74, 6) is -0.819. The van der Waals surface area contributed by atoms with Crippen molar-refractivity contribution < 1.29 is 19.1 Å². The number of nitrogens with zero attached hydrogens (tertiary/aromatic N) is 1. The number of anilines is 1. The molecule has 3 rings (SSSR count). The molecule has 26 heavy (non-hydrogen) atoms. The van der Waals surface area contributed by atoms with E-state index >= 15 is 0 Å². The molecule has 0 bridgehead atoms. The average molecular weight is 354 g/mol. The van der Waals surface area contributed by atoms with Crippen LogP contribution in [0, 0.1) is 6.92 Å². The van der Waals surface area contributed by atoms with E-state index in [9.17, 15) is 9.59 Å². The monoisotopic (exact) mass is 354 g/mol. The minimum atomic E-state index is -0.996. The van der Waals surface area contributed by atoms with Gasteiger partial charge in [0, 0.05) is 24.3 Å². The molecule has 0 radical (unpaired) electrons. The minimum absolute atomic E-state index is 0.243. The largest absolute Gasteiger partial charge is 0.444 e. The fourth-order valence-corrected chi connectivity index (χ4v) is 2.78. The molecule has 2 aromatic carbocycles. The summed E-state index contributed by atoms with van der Waals surface area (Å²) < 4.78 is 10.9. The van der Waals surface area contributed by atoms with Gasteiger partial charge in [-0.05, 0) is 24.6 Å². The third kappa shape index (κ3) is 4.03. The number of carbonyl (C=O) groups excluding carboxylic acids is 2. The van der Waals surface area contributed by atoms with Crippen molar-refractivity contribution in [2.24, 2.45) is 0 Å². The van der Waals surface area contributed by atoms with Gasteiger partial charge in [0.05, 0.1) is 18.8 Å². The van der Waals surface area contributed by atoms with Gasteiger partial charge in [0.1, 0.15) is 0 Å². The Hall–Kier alpha value is -2.86. The third-order valence-corrected chi connectivity index (χ3v) is 4.39. The smallest absolute Gasteiger partial charge is 0.339 e. The van der Waals surface area contributed by atoms with Gasteiger partial charge in [-0.3, -0.25) is 4.79 Å². The normalized spacial score (nSPS) is 15.3. The second kappa shape index (κ2) is 8.01. The first kappa shape index (κ1) is 17.9. The van der Waals surface area contributed by atoms with Gasteiger partial charge >= 0.3 is 5.97 Å². The van der Waals surface area contributed by atoms with Crippen LogP contribution in [-0.2, 0) is 14.3 Å². The minimum Gasteiger partial charge on any atom is -0.444 e. The van der Waals surface area contributed by atoms with Crippen LogP contribution < -0.4 is 5.73 Å². The molecule has 1 fully saturated rings. The van der Waals surface area contributed by atoms with E-state index in [1.54, 1.807) is 35.2 Å². The Kier molecular flexibility index (Phi) is 5.53. The Balaban J connectivity index is 1.84. The first-order valence-corrected chi connectivity index (χ1v) is 8.55. The maximum absolute atomic E-state index is 13.0. The number of nitrogen functional groups attached to an aromatic ring is 1. The highest BCUT2D eigenvalue weighted by molar-refractivity contribution is 5.93. The van der Waals surface area contributed by atoms with Gasteiger partial charge in [-0.2, -0.15) is 0 Å². The SMILES string of the molecule is Cc1ccc(C(=O)O[C@@H](C(=O)N2CCOCC2)c2ccccc2)cc1N. The van der Waals surface area contributed by atoms with Gasteiger partial charge in [-0.1, -0.05) is 36.4 Å². The number of aryl methyl sites for hydroxylation is 1. The van der Waals surface area contributed by atoms with E-state index in [1.165, 1.54) is 0 Å². The summed E-state index contributed by atoms with van der Waals surface area (Å²) in [5.41, 5.74) is 8.23. The van der Waals surface area contributed by atoms with Crippen LogP contribution in [0.2, 0.25) is 0 Å². The zero-order valence-corrected chi connectivity index (χ0v) is 14.7. The van der Waals surface area contributed by atoms with Crippen molar-refractivity contribution in [2.45, 2.75) is 13.0 Å². The molecule has 1 aliphatic rings. The highest BCUT2D eigenvalue weighted by atomic mass is 16.5. The molecule has 1 aliphatic heterocycles. The van der Waals surface area contributed by atoms with Crippen LogP contribution in [-0.4, -0.2) is 43.1 Å². The second-order valence-electron chi connectivity index (χ2n) is 6.21. The van der Waals surface area contributed by atoms with Gasteiger partial charge in [0.2, 0.25) is 6.10 Å². The van der Waals surface area contributed by atoms with E-state index in [2.05, 4.69) is 0 Å². The molecule has 0 aromatic heterocycles. The Morgan fingerprint density at radius 2 is 1.81 bits per heavy atom. The Morgan fingerprint density at radius 3 is 2.46 bits per heavy atom. The van der Waals surface area contributed by atoms with Crippen molar-refractivity contribution in [3.63, 3.8) is 0 Å². The topological polar surface area (TPSA) is 81.9 Å². The number of hydrogen-bond donors (Lipinski definition) is 1.